The Morgan fingerprint density at radius 2 is 2.00 bits per heavy atom. The lowest BCUT2D eigenvalue weighted by Crippen LogP contribution is -2.43. The highest BCUT2D eigenvalue weighted by Crippen LogP contribution is 2.34. The molecule has 0 N–H and O–H groups in total. The average molecular weight is 347 g/mol. The van der Waals surface area contributed by atoms with Gasteiger partial charge in [-0.15, -0.1) is 0 Å². The second-order valence-electron chi connectivity index (χ2n) is 7.76. The minimum atomic E-state index is -0.0315. The van der Waals surface area contributed by atoms with Gasteiger partial charge in [-0.2, -0.15) is 0 Å². The second kappa shape index (κ2) is 6.21. The Hall–Kier alpha value is -1.30. The largest absolute Gasteiger partial charge is 0.342 e. The quantitative estimate of drug-likeness (QED) is 0.770. The predicted molar refractivity (Wildman–Crippen MR) is 94.4 cm³/mol. The lowest BCUT2D eigenvalue weighted by atomic mass is 9.91. The van der Waals surface area contributed by atoms with Gasteiger partial charge in [-0.3, -0.25) is 14.2 Å². The van der Waals surface area contributed by atoms with Crippen LogP contribution in [0.15, 0.2) is 9.95 Å². The summed E-state index contributed by atoms with van der Waals surface area (Å²) in [5, 5.41) is 0.818. The number of aryl methyl sites for hydroxylation is 1. The van der Waals surface area contributed by atoms with Crippen LogP contribution in [0.1, 0.15) is 50.4 Å². The third kappa shape index (κ3) is 2.79. The zero-order valence-corrected chi connectivity index (χ0v) is 15.3. The molecule has 3 heterocycles. The minimum Gasteiger partial charge on any atom is -0.342 e. The van der Waals surface area contributed by atoms with E-state index in [1.54, 1.807) is 11.8 Å². The Balaban J connectivity index is 1.54. The van der Waals surface area contributed by atoms with Crippen molar-refractivity contribution >= 4 is 17.7 Å². The maximum Gasteiger partial charge on any atom is 0.257 e. The lowest BCUT2D eigenvalue weighted by molar-refractivity contribution is -0.134. The molecule has 130 valence electrons. The first-order valence-electron chi connectivity index (χ1n) is 9.07. The standard InChI is InChI=1S/C18H25N3O2S/c1-11-6-12(2)9-20(8-11)16(22)7-13-10-24-18-19-15-5-3-4-14(15)17(23)21(13)18/h11-13H,3-10H2,1-2H3. The summed E-state index contributed by atoms with van der Waals surface area (Å²) in [7, 11) is 0. The van der Waals surface area contributed by atoms with Gasteiger partial charge in [0, 0.05) is 30.8 Å². The lowest BCUT2D eigenvalue weighted by Gasteiger charge is -2.35. The van der Waals surface area contributed by atoms with Crippen molar-refractivity contribution in [3.63, 3.8) is 0 Å². The van der Waals surface area contributed by atoms with Crippen LogP contribution < -0.4 is 5.56 Å². The van der Waals surface area contributed by atoms with Gasteiger partial charge in [-0.05, 0) is 37.5 Å². The summed E-state index contributed by atoms with van der Waals surface area (Å²) in [6.45, 7) is 6.14. The molecule has 0 radical (unpaired) electrons. The van der Waals surface area contributed by atoms with Crippen molar-refractivity contribution in [2.45, 2.75) is 57.1 Å². The monoisotopic (exact) mass is 347 g/mol. The van der Waals surface area contributed by atoms with Crippen LogP contribution in [0.4, 0.5) is 0 Å². The number of aromatic nitrogens is 2. The summed E-state index contributed by atoms with van der Waals surface area (Å²) < 4.78 is 1.81. The van der Waals surface area contributed by atoms with E-state index in [9.17, 15) is 9.59 Å². The molecule has 3 unspecified atom stereocenters. The molecule has 0 aromatic carbocycles. The van der Waals surface area contributed by atoms with E-state index < -0.39 is 0 Å². The van der Waals surface area contributed by atoms with Crippen LogP contribution in [0.25, 0.3) is 0 Å². The van der Waals surface area contributed by atoms with Gasteiger partial charge in [-0.1, -0.05) is 25.6 Å². The molecule has 0 saturated carbocycles. The van der Waals surface area contributed by atoms with E-state index >= 15 is 0 Å². The van der Waals surface area contributed by atoms with Crippen LogP contribution in [0, 0.1) is 11.8 Å². The SMILES string of the molecule is CC1CC(C)CN(C(=O)CC2CSc3nc4c(c(=O)n32)CCC4)C1. The number of nitrogens with zero attached hydrogens (tertiary/aromatic N) is 3. The van der Waals surface area contributed by atoms with Gasteiger partial charge in [0.1, 0.15) is 0 Å². The molecule has 6 heteroatoms. The van der Waals surface area contributed by atoms with Gasteiger partial charge >= 0.3 is 0 Å². The first kappa shape index (κ1) is 16.2. The van der Waals surface area contributed by atoms with Crippen LogP contribution >= 0.6 is 11.8 Å². The Morgan fingerprint density at radius 3 is 2.75 bits per heavy atom. The molecule has 1 aliphatic carbocycles. The molecule has 0 spiro atoms. The molecule has 1 amide bonds. The van der Waals surface area contributed by atoms with Gasteiger partial charge in [0.25, 0.3) is 5.56 Å². The molecule has 1 saturated heterocycles. The van der Waals surface area contributed by atoms with Crippen LogP contribution in [0.3, 0.4) is 0 Å². The van der Waals surface area contributed by atoms with Crippen molar-refractivity contribution in [1.29, 1.82) is 0 Å². The van der Waals surface area contributed by atoms with E-state index in [0.717, 1.165) is 54.5 Å². The highest BCUT2D eigenvalue weighted by Gasteiger charge is 2.33. The first-order valence-corrected chi connectivity index (χ1v) is 10.1. The maximum absolute atomic E-state index is 12.8. The number of amides is 1. The van der Waals surface area contributed by atoms with Crippen molar-refractivity contribution < 1.29 is 4.79 Å². The molecular formula is C18H25N3O2S. The highest BCUT2D eigenvalue weighted by molar-refractivity contribution is 7.99. The van der Waals surface area contributed by atoms with E-state index in [-0.39, 0.29) is 17.5 Å². The summed E-state index contributed by atoms with van der Waals surface area (Å²) in [5.74, 6) is 2.11. The van der Waals surface area contributed by atoms with Crippen molar-refractivity contribution in [1.82, 2.24) is 14.5 Å². The summed E-state index contributed by atoms with van der Waals surface area (Å²) in [5.41, 5.74) is 1.99. The number of carbonyl (C=O) groups excluding carboxylic acids is 1. The number of fused-ring (bicyclic) bond motifs is 2. The van der Waals surface area contributed by atoms with E-state index in [4.69, 9.17) is 0 Å². The topological polar surface area (TPSA) is 55.2 Å². The summed E-state index contributed by atoms with van der Waals surface area (Å²) in [6.07, 6.45) is 4.42. The van der Waals surface area contributed by atoms with Crippen molar-refractivity contribution in [2.75, 3.05) is 18.8 Å². The molecule has 1 fully saturated rings. The highest BCUT2D eigenvalue weighted by atomic mass is 32.2. The molecule has 5 nitrogen and oxygen atoms in total. The summed E-state index contributed by atoms with van der Waals surface area (Å²) in [4.78, 5) is 32.3. The molecule has 2 aliphatic heterocycles. The van der Waals surface area contributed by atoms with Crippen LogP contribution in [-0.2, 0) is 17.6 Å². The predicted octanol–water partition coefficient (Wildman–Crippen LogP) is 2.27. The van der Waals surface area contributed by atoms with Crippen LogP contribution in [-0.4, -0.2) is 39.2 Å². The second-order valence-corrected chi connectivity index (χ2v) is 8.75. The molecule has 4 rings (SSSR count). The van der Waals surface area contributed by atoms with Crippen LogP contribution in [0.5, 0.6) is 0 Å². The first-order chi connectivity index (χ1) is 11.5. The number of likely N-dealkylation sites (tertiary alicyclic amines) is 1. The minimum absolute atomic E-state index is 0.0315. The van der Waals surface area contributed by atoms with Crippen molar-refractivity contribution in [3.8, 4) is 0 Å². The van der Waals surface area contributed by atoms with Crippen molar-refractivity contribution in [2.24, 2.45) is 11.8 Å². The smallest absolute Gasteiger partial charge is 0.257 e. The van der Waals surface area contributed by atoms with E-state index in [0.29, 0.717) is 18.3 Å². The maximum atomic E-state index is 12.8. The van der Waals surface area contributed by atoms with Gasteiger partial charge in [0.15, 0.2) is 5.16 Å². The van der Waals surface area contributed by atoms with Gasteiger partial charge < -0.3 is 4.90 Å². The number of carbonyl (C=O) groups is 1. The Kier molecular flexibility index (Phi) is 4.19. The number of thioether (sulfide) groups is 1. The van der Waals surface area contributed by atoms with Crippen LogP contribution in [0.2, 0.25) is 0 Å². The fourth-order valence-corrected chi connectivity index (χ4v) is 5.65. The Bertz CT molecular complexity index is 720. The van der Waals surface area contributed by atoms with E-state index in [2.05, 4.69) is 18.8 Å². The zero-order chi connectivity index (χ0) is 16.8. The molecule has 3 atom stereocenters. The Morgan fingerprint density at radius 1 is 1.25 bits per heavy atom. The molecule has 1 aromatic rings. The summed E-state index contributed by atoms with van der Waals surface area (Å²) >= 11 is 1.63. The zero-order valence-electron chi connectivity index (χ0n) is 14.5. The number of rotatable bonds is 2. The van der Waals surface area contributed by atoms with Gasteiger partial charge in [0.2, 0.25) is 5.91 Å². The van der Waals surface area contributed by atoms with Gasteiger partial charge in [0.05, 0.1) is 11.7 Å². The molecular weight excluding hydrogens is 322 g/mol. The molecule has 3 aliphatic rings. The molecule has 24 heavy (non-hydrogen) atoms. The fourth-order valence-electron chi connectivity index (χ4n) is 4.50. The number of hydrogen-bond acceptors (Lipinski definition) is 4. The normalized spacial score (nSPS) is 28.8. The molecule has 0 bridgehead atoms. The fraction of sp³-hybridized carbons (Fsp3) is 0.722. The third-order valence-corrected chi connectivity index (χ3v) is 6.60. The Labute approximate surface area is 146 Å². The van der Waals surface area contributed by atoms with E-state index in [1.165, 1.54) is 6.42 Å². The number of hydrogen-bond donors (Lipinski definition) is 0. The number of piperidine rings is 1. The molecule has 1 aromatic heterocycles. The third-order valence-electron chi connectivity index (χ3n) is 5.50. The van der Waals surface area contributed by atoms with Crippen molar-refractivity contribution in [3.05, 3.63) is 21.6 Å². The van der Waals surface area contributed by atoms with E-state index in [1.807, 2.05) is 9.47 Å². The average Bonchev–Trinajstić information content (AvgIpc) is 3.14. The summed E-state index contributed by atoms with van der Waals surface area (Å²) in [6, 6.07) is -0.0315. The van der Waals surface area contributed by atoms with Gasteiger partial charge in [-0.25, -0.2) is 4.98 Å².